The van der Waals surface area contributed by atoms with Crippen molar-refractivity contribution in [2.45, 2.75) is 38.8 Å². The second-order valence-electron chi connectivity index (χ2n) is 15.7. The molecule has 0 spiro atoms. The maximum atomic E-state index is 13.4. The number of carbonyl (C=O) groups is 2. The fraction of sp³-hybridized carbons (Fsp3) is 0.160. The molecule has 0 fully saturated rings. The Kier molecular flexibility index (Phi) is 11.9. The van der Waals surface area contributed by atoms with Crippen LogP contribution in [0.1, 0.15) is 37.8 Å². The molecule has 336 valence electrons. The van der Waals surface area contributed by atoms with Crippen molar-refractivity contribution >= 4 is 46.2 Å². The summed E-state index contributed by atoms with van der Waals surface area (Å²) < 4.78 is 30.3. The van der Waals surface area contributed by atoms with Crippen molar-refractivity contribution in [3.8, 4) is 46.8 Å². The molecule has 0 saturated heterocycles. The van der Waals surface area contributed by atoms with Gasteiger partial charge < -0.3 is 19.6 Å². The molecule has 2 atom stereocenters. The van der Waals surface area contributed by atoms with Gasteiger partial charge in [-0.15, -0.1) is 0 Å². The summed E-state index contributed by atoms with van der Waals surface area (Å²) in [6.45, 7) is 3.88. The van der Waals surface area contributed by atoms with Gasteiger partial charge in [0.1, 0.15) is 46.7 Å². The number of imidazole rings is 2. The predicted octanol–water partition coefficient (Wildman–Crippen LogP) is 8.47. The molecule has 0 radical (unpaired) electrons. The van der Waals surface area contributed by atoms with Gasteiger partial charge >= 0.3 is 0 Å². The lowest BCUT2D eigenvalue weighted by molar-refractivity contribution is -0.120. The maximum Gasteiger partial charge on any atom is 0.250 e. The van der Waals surface area contributed by atoms with Crippen molar-refractivity contribution in [1.82, 2.24) is 39.0 Å². The highest BCUT2D eigenvalue weighted by atomic mass is 19.1. The van der Waals surface area contributed by atoms with Crippen LogP contribution in [0.15, 0.2) is 134 Å². The average Bonchev–Trinajstić information content (AvgIpc) is 4.08. The first-order valence-electron chi connectivity index (χ1n) is 21.5. The van der Waals surface area contributed by atoms with Crippen LogP contribution in [-0.2, 0) is 9.59 Å². The molecule has 2 aliphatic heterocycles. The number of nitriles is 2. The smallest absolute Gasteiger partial charge is 0.250 e. The van der Waals surface area contributed by atoms with E-state index in [0.717, 1.165) is 0 Å². The van der Waals surface area contributed by atoms with Crippen LogP contribution in [0.5, 0.6) is 0 Å². The zero-order valence-corrected chi connectivity index (χ0v) is 37.1. The number of nitrogens with zero attached hydrogens (tertiary/aromatic N) is 14. The summed E-state index contributed by atoms with van der Waals surface area (Å²) in [6, 6.07) is 29.6. The molecule has 18 heteroatoms. The van der Waals surface area contributed by atoms with Gasteiger partial charge in [0.05, 0.1) is 35.7 Å². The van der Waals surface area contributed by atoms with Crippen LogP contribution in [0.4, 0.5) is 43.2 Å². The lowest BCUT2D eigenvalue weighted by atomic mass is 10.1. The number of halogens is 2. The lowest BCUT2D eigenvalue weighted by Gasteiger charge is -2.40. The predicted molar refractivity (Wildman–Crippen MR) is 251 cm³/mol. The molecule has 0 N–H and O–H groups in total. The fourth-order valence-corrected chi connectivity index (χ4v) is 8.30. The SMILES string of the molecule is CC[C@@H]1C(=O)N(C)c2cnc(-n3ccnc3-c3ccc(F)cc3)nc2N1c1cccc(C#N)c1.CC[C@H]1C(=O)N(C)c2cnc(-n3ccnc3-c3ccc(F)cc3)nc2N1c1cccc(C#N)c1. The van der Waals surface area contributed by atoms with Gasteiger partial charge in [-0.3, -0.25) is 18.7 Å². The summed E-state index contributed by atoms with van der Waals surface area (Å²) in [6.07, 6.45) is 11.0. The van der Waals surface area contributed by atoms with E-state index in [1.807, 2.05) is 35.8 Å². The minimum absolute atomic E-state index is 0.0802. The van der Waals surface area contributed by atoms with Crippen LogP contribution < -0.4 is 19.6 Å². The molecule has 4 aromatic heterocycles. The zero-order chi connectivity index (χ0) is 47.6. The largest absolute Gasteiger partial charge is 0.312 e. The molecule has 0 bridgehead atoms. The van der Waals surface area contributed by atoms with Crippen LogP contribution in [0.2, 0.25) is 0 Å². The third-order valence-corrected chi connectivity index (χ3v) is 11.7. The van der Waals surface area contributed by atoms with Gasteiger partial charge in [0.25, 0.3) is 0 Å². The van der Waals surface area contributed by atoms with Crippen LogP contribution in [0.25, 0.3) is 34.7 Å². The minimum Gasteiger partial charge on any atom is -0.312 e. The molecule has 68 heavy (non-hydrogen) atoms. The van der Waals surface area contributed by atoms with Crippen molar-refractivity contribution in [1.29, 1.82) is 10.5 Å². The Morgan fingerprint density at radius 1 is 0.574 bits per heavy atom. The van der Waals surface area contributed by atoms with E-state index in [9.17, 15) is 28.9 Å². The molecule has 8 aromatic rings. The van der Waals surface area contributed by atoms with Crippen molar-refractivity contribution in [2.75, 3.05) is 33.7 Å². The minimum atomic E-state index is -0.492. The Morgan fingerprint density at radius 2 is 0.971 bits per heavy atom. The van der Waals surface area contributed by atoms with E-state index in [-0.39, 0.29) is 23.4 Å². The fourth-order valence-electron chi connectivity index (χ4n) is 8.30. The molecule has 2 amide bonds. The molecule has 0 unspecified atom stereocenters. The highest BCUT2D eigenvalue weighted by molar-refractivity contribution is 6.07. The molecule has 4 aromatic carbocycles. The summed E-state index contributed by atoms with van der Waals surface area (Å²) in [7, 11) is 3.41. The van der Waals surface area contributed by atoms with E-state index >= 15 is 0 Å². The third-order valence-electron chi connectivity index (χ3n) is 11.7. The third kappa shape index (κ3) is 8.00. The number of rotatable bonds is 8. The number of benzene rings is 4. The average molecular weight is 907 g/mol. The highest BCUT2D eigenvalue weighted by Crippen LogP contribution is 2.42. The van der Waals surface area contributed by atoms with E-state index in [1.165, 1.54) is 24.3 Å². The number of carbonyl (C=O) groups excluding carboxylic acids is 2. The van der Waals surface area contributed by atoms with E-state index in [4.69, 9.17) is 9.97 Å². The number of anilines is 6. The maximum absolute atomic E-state index is 13.4. The second kappa shape index (κ2) is 18.4. The van der Waals surface area contributed by atoms with Crippen LogP contribution in [-0.4, -0.2) is 77.0 Å². The molecule has 16 nitrogen and oxygen atoms in total. The summed E-state index contributed by atoms with van der Waals surface area (Å²) in [5.41, 5.74) is 4.92. The second-order valence-corrected chi connectivity index (χ2v) is 15.7. The number of amides is 2. The first kappa shape index (κ1) is 44.1. The van der Waals surface area contributed by atoms with Gasteiger partial charge in [-0.2, -0.15) is 20.5 Å². The molecular weight excluding hydrogens is 867 g/mol. The quantitative estimate of drug-likeness (QED) is 0.142. The monoisotopic (exact) mass is 906 g/mol. The summed E-state index contributed by atoms with van der Waals surface area (Å²) in [5, 5.41) is 18.8. The number of hydrogen-bond acceptors (Lipinski definition) is 12. The van der Waals surface area contributed by atoms with Gasteiger partial charge in [-0.05, 0) is 97.8 Å². The van der Waals surface area contributed by atoms with Crippen molar-refractivity contribution in [2.24, 2.45) is 0 Å². The number of aromatic nitrogens is 8. The zero-order valence-electron chi connectivity index (χ0n) is 37.1. The van der Waals surface area contributed by atoms with E-state index in [2.05, 4.69) is 32.1 Å². The first-order valence-corrected chi connectivity index (χ1v) is 21.5. The van der Waals surface area contributed by atoms with Gasteiger partial charge in [-0.1, -0.05) is 26.0 Å². The Bertz CT molecular complexity index is 3070. The molecule has 0 aliphatic carbocycles. The van der Waals surface area contributed by atoms with Gasteiger partial charge in [0.2, 0.25) is 23.7 Å². The van der Waals surface area contributed by atoms with Gasteiger partial charge in [-0.25, -0.2) is 28.7 Å². The van der Waals surface area contributed by atoms with E-state index in [0.29, 0.717) is 93.0 Å². The Hall–Kier alpha value is -9.16. The molecule has 6 heterocycles. The Morgan fingerprint density at radius 3 is 1.34 bits per heavy atom. The van der Waals surface area contributed by atoms with Crippen molar-refractivity contribution < 1.29 is 18.4 Å². The molecule has 0 saturated carbocycles. The normalized spacial score (nSPS) is 15.2. The number of likely N-dealkylation sites (N-methyl/N-ethyl adjacent to an activating group) is 2. The highest BCUT2D eigenvalue weighted by Gasteiger charge is 2.40. The number of fused-ring (bicyclic) bond motifs is 2. The molecular formula is C50H40F2N14O2. The Balaban J connectivity index is 0.000000170. The summed E-state index contributed by atoms with van der Waals surface area (Å²) in [4.78, 5) is 60.7. The standard InChI is InChI=1S/2C25H20FN7O/c2*1-3-20-24(34)31(2)21-15-29-25(30-23(21)33(20)19-6-4-5-16(13-19)14-27)32-12-11-28-22(32)17-7-9-18(26)10-8-17/h2*4-13,15,20H,3H2,1-2H3/t2*20-/m10/s1. The Labute approximate surface area is 389 Å². The molecule has 10 rings (SSSR count). The van der Waals surface area contributed by atoms with Crippen LogP contribution >= 0.6 is 0 Å². The van der Waals surface area contributed by atoms with Gasteiger partial charge in [0, 0.05) is 61.4 Å². The van der Waals surface area contributed by atoms with Crippen LogP contribution in [0, 0.1) is 34.3 Å². The summed E-state index contributed by atoms with van der Waals surface area (Å²) >= 11 is 0. The van der Waals surface area contributed by atoms with Crippen molar-refractivity contribution in [3.63, 3.8) is 0 Å². The molecule has 2 aliphatic rings. The summed E-state index contributed by atoms with van der Waals surface area (Å²) in [5.74, 6) is 2.10. The van der Waals surface area contributed by atoms with E-state index in [1.54, 1.807) is 131 Å². The van der Waals surface area contributed by atoms with Gasteiger partial charge in [0.15, 0.2) is 11.6 Å². The van der Waals surface area contributed by atoms with E-state index < -0.39 is 12.1 Å². The van der Waals surface area contributed by atoms with Crippen molar-refractivity contribution in [3.05, 3.63) is 157 Å². The topological polar surface area (TPSA) is 182 Å². The van der Waals surface area contributed by atoms with Crippen LogP contribution in [0.3, 0.4) is 0 Å². The number of hydrogen-bond donors (Lipinski definition) is 0. The first-order chi connectivity index (χ1) is 33.0. The lowest BCUT2D eigenvalue weighted by Crippen LogP contribution is -2.50.